The molecule has 0 fully saturated rings. The van der Waals surface area contributed by atoms with Gasteiger partial charge in [-0.3, -0.25) is 0 Å². The summed E-state index contributed by atoms with van der Waals surface area (Å²) >= 11 is 0. The predicted molar refractivity (Wildman–Crippen MR) is 336 cm³/mol. The van der Waals surface area contributed by atoms with E-state index in [9.17, 15) is 10.5 Å². The molecule has 6 aliphatic heterocycles. The Kier molecular flexibility index (Phi) is 10.4. The standard InChI is InChI=1S/C71H47B3F4N4O6/c1-32-14-51-61-57(16-32)83-55-29-56-44(74-63-59(84-56)18-34(3)19-60(63)86-67-40-21-36(31-80)11-13-54(40)88-69(67)74)27-43(55)72(61)41-26-42-50(28-49(41)81(51)64-45(75)22-37(23-46(64)76)70(4,5)6)82(65-47(77)24-38(25-48(65)78)71(7,8)9)52-15-33(2)17-58-62(52)73(42)68-66(85-58)39-20-35(30-79)10-12-53(39)87-68/h10-29H,1-9H3. The van der Waals surface area contributed by atoms with Gasteiger partial charge in [0.1, 0.15) is 68.4 Å². The van der Waals surface area contributed by atoms with Crippen molar-refractivity contribution < 1.29 is 45.3 Å². The summed E-state index contributed by atoms with van der Waals surface area (Å²) in [7, 11) is 0. The van der Waals surface area contributed by atoms with E-state index in [1.807, 2.05) is 111 Å². The van der Waals surface area contributed by atoms with Crippen LogP contribution in [0, 0.1) is 66.7 Å². The van der Waals surface area contributed by atoms with Crippen LogP contribution in [0.1, 0.15) is 80.5 Å². The lowest BCUT2D eigenvalue weighted by Crippen LogP contribution is -2.64. The number of nitrogens with zero attached hydrogens (tertiary/aromatic N) is 4. The third kappa shape index (κ3) is 7.12. The molecule has 2 aromatic heterocycles. The van der Waals surface area contributed by atoms with E-state index < -0.39 is 54.2 Å². The molecular weight excluding hydrogens is 1110 g/mol. The van der Waals surface area contributed by atoms with Crippen LogP contribution >= 0.6 is 0 Å². The van der Waals surface area contributed by atoms with E-state index in [2.05, 4.69) is 18.2 Å². The zero-order valence-corrected chi connectivity index (χ0v) is 49.0. The number of fused-ring (bicyclic) bond motifs is 16. The van der Waals surface area contributed by atoms with Crippen molar-refractivity contribution >= 4 is 126 Å². The minimum atomic E-state index is -0.832. The maximum Gasteiger partial charge on any atom is 0.305 e. The van der Waals surface area contributed by atoms with Gasteiger partial charge >= 0.3 is 13.4 Å². The van der Waals surface area contributed by atoms with Crippen molar-refractivity contribution in [2.75, 3.05) is 9.80 Å². The van der Waals surface area contributed by atoms with Gasteiger partial charge in [0.15, 0.2) is 34.8 Å². The lowest BCUT2D eigenvalue weighted by atomic mass is 9.30. The normalized spacial score (nSPS) is 14.2. The van der Waals surface area contributed by atoms with E-state index in [4.69, 9.17) is 27.8 Å². The lowest BCUT2D eigenvalue weighted by Gasteiger charge is -2.44. The van der Waals surface area contributed by atoms with Gasteiger partial charge in [-0.1, -0.05) is 53.7 Å². The molecule has 0 unspecified atom stereocenters. The second-order valence-corrected chi connectivity index (χ2v) is 26.2. The first-order valence-corrected chi connectivity index (χ1v) is 29.2. The Bertz CT molecular complexity index is 5160. The van der Waals surface area contributed by atoms with Crippen LogP contribution in [-0.2, 0) is 10.8 Å². The van der Waals surface area contributed by atoms with E-state index in [0.717, 1.165) is 22.1 Å². The predicted octanol–water partition coefficient (Wildman–Crippen LogP) is 12.5. The minimum Gasteiger partial charge on any atom is -0.466 e. The molecule has 88 heavy (non-hydrogen) atoms. The fourth-order valence-electron chi connectivity index (χ4n) is 14.4. The van der Waals surface area contributed by atoms with Crippen molar-refractivity contribution in [3.05, 3.63) is 184 Å². The van der Waals surface area contributed by atoms with E-state index >= 15 is 17.6 Å². The van der Waals surface area contributed by atoms with Gasteiger partial charge in [0.05, 0.1) is 34.0 Å². The average molecular weight is 1160 g/mol. The third-order valence-corrected chi connectivity index (χ3v) is 18.4. The van der Waals surface area contributed by atoms with Crippen molar-refractivity contribution in [2.24, 2.45) is 0 Å². The topological polar surface area (TPSA) is 117 Å². The van der Waals surface area contributed by atoms with Crippen LogP contribution in [-0.4, -0.2) is 20.1 Å². The fraction of sp³-hybridized carbons (Fsp3) is 0.155. The van der Waals surface area contributed by atoms with Crippen molar-refractivity contribution in [3.63, 3.8) is 0 Å². The molecule has 10 nitrogen and oxygen atoms in total. The van der Waals surface area contributed by atoms with Gasteiger partial charge in [-0.15, -0.1) is 0 Å². The van der Waals surface area contributed by atoms with Gasteiger partial charge in [-0.2, -0.15) is 10.5 Å². The summed E-state index contributed by atoms with van der Waals surface area (Å²) < 4.78 is 113. The number of rotatable bonds is 2. The summed E-state index contributed by atoms with van der Waals surface area (Å²) in [5, 5.41) is 21.4. The Morgan fingerprint density at radius 1 is 0.398 bits per heavy atom. The van der Waals surface area contributed by atoms with E-state index in [1.165, 1.54) is 24.3 Å². The minimum absolute atomic E-state index is 0.304. The Hall–Kier alpha value is -10.2. The first-order valence-electron chi connectivity index (χ1n) is 29.2. The van der Waals surface area contributed by atoms with Gasteiger partial charge < -0.3 is 37.6 Å². The van der Waals surface area contributed by atoms with Crippen molar-refractivity contribution in [3.8, 4) is 58.1 Å². The summed E-state index contributed by atoms with van der Waals surface area (Å²) in [4.78, 5) is 3.16. The molecule has 17 rings (SSSR count). The fourth-order valence-corrected chi connectivity index (χ4v) is 14.4. The molecule has 0 spiro atoms. The molecule has 0 saturated carbocycles. The molecule has 0 bridgehead atoms. The quantitative estimate of drug-likeness (QED) is 0.122. The highest BCUT2D eigenvalue weighted by molar-refractivity contribution is 7.03. The van der Waals surface area contributed by atoms with Crippen LogP contribution in [0.4, 0.5) is 51.7 Å². The highest BCUT2D eigenvalue weighted by atomic mass is 19.1. The summed E-state index contributed by atoms with van der Waals surface area (Å²) in [6, 6.07) is 39.5. The monoisotopic (exact) mass is 1160 g/mol. The van der Waals surface area contributed by atoms with Gasteiger partial charge in [0, 0.05) is 39.7 Å². The molecule has 11 aromatic rings. The molecule has 0 N–H and O–H groups in total. The largest absolute Gasteiger partial charge is 0.466 e. The van der Waals surface area contributed by atoms with Gasteiger partial charge in [-0.25, -0.2) is 17.6 Å². The summed E-state index contributed by atoms with van der Waals surface area (Å²) in [5.74, 6) is 0.468. The Balaban J connectivity index is 0.987. The molecule has 6 aliphatic rings. The van der Waals surface area contributed by atoms with Gasteiger partial charge in [0.2, 0.25) is 0 Å². The number of halogens is 4. The Labute approximate surface area is 503 Å². The van der Waals surface area contributed by atoms with Crippen LogP contribution in [0.2, 0.25) is 0 Å². The number of ether oxygens (including phenoxy) is 4. The molecule has 8 heterocycles. The maximum atomic E-state index is 17.9. The second-order valence-electron chi connectivity index (χ2n) is 26.2. The van der Waals surface area contributed by atoms with Gasteiger partial charge in [0.25, 0.3) is 6.71 Å². The molecular formula is C71H47B3F4N4O6. The number of aryl methyl sites for hydroxylation is 3. The molecule has 0 amide bonds. The maximum absolute atomic E-state index is 17.9. The smallest absolute Gasteiger partial charge is 0.305 e. The molecule has 0 atom stereocenters. The molecule has 0 aliphatic carbocycles. The highest BCUT2D eigenvalue weighted by Crippen LogP contribution is 2.51. The first-order chi connectivity index (χ1) is 42.1. The van der Waals surface area contributed by atoms with E-state index in [-0.39, 0.29) is 11.4 Å². The van der Waals surface area contributed by atoms with Gasteiger partial charge in [-0.05, 0) is 190 Å². The van der Waals surface area contributed by atoms with Crippen molar-refractivity contribution in [2.45, 2.75) is 73.1 Å². The molecule has 0 radical (unpaired) electrons. The van der Waals surface area contributed by atoms with Crippen LogP contribution in [0.3, 0.4) is 0 Å². The number of nitriles is 2. The third-order valence-electron chi connectivity index (χ3n) is 18.4. The van der Waals surface area contributed by atoms with E-state index in [1.54, 1.807) is 52.3 Å². The zero-order valence-electron chi connectivity index (χ0n) is 49.0. The summed E-state index contributed by atoms with van der Waals surface area (Å²) in [5.41, 5.74) is 9.77. The average Bonchev–Trinajstić information content (AvgIpc) is 1.75. The van der Waals surface area contributed by atoms with Crippen molar-refractivity contribution in [1.29, 1.82) is 10.5 Å². The lowest BCUT2D eigenvalue weighted by molar-refractivity contribution is 0.453. The Morgan fingerprint density at radius 2 is 0.784 bits per heavy atom. The number of hydrogen-bond acceptors (Lipinski definition) is 10. The summed E-state index contributed by atoms with van der Waals surface area (Å²) in [6.45, 7) is 14.9. The summed E-state index contributed by atoms with van der Waals surface area (Å²) in [6.07, 6.45) is 0. The second kappa shape index (κ2) is 17.5. The zero-order chi connectivity index (χ0) is 60.6. The molecule has 424 valence electrons. The first kappa shape index (κ1) is 52.1. The number of hydrogen-bond donors (Lipinski definition) is 0. The SMILES string of the molecule is Cc1cc2c3c(c1)Oc1c(oc4ccc(C#N)cc14)B3c1cc3c(cc1O2)Oc1cc(C)cc2c1B3c1cc3c(cc1N2c1c(F)cc(C(C)(C)C)cc1F)N(c1c(F)cc(C(C)(C)C)cc1F)c1cc(C)cc2c1B3c1oc3ccc(C#N)cc3c1O2. The number of benzene rings is 9. The van der Waals surface area contributed by atoms with E-state index in [0.29, 0.717) is 157 Å². The molecule has 17 heteroatoms. The number of anilines is 6. The molecule has 0 saturated heterocycles. The van der Waals surface area contributed by atoms with Crippen molar-refractivity contribution in [1.82, 2.24) is 0 Å². The van der Waals surface area contributed by atoms with Crippen LogP contribution in [0.15, 0.2) is 130 Å². The van der Waals surface area contributed by atoms with Crippen LogP contribution in [0.5, 0.6) is 46.0 Å². The van der Waals surface area contributed by atoms with Crippen LogP contribution in [0.25, 0.3) is 21.9 Å². The Morgan fingerprint density at radius 3 is 1.25 bits per heavy atom. The number of furan rings is 2. The molecule has 9 aromatic carbocycles. The highest BCUT2D eigenvalue weighted by Gasteiger charge is 2.52. The van der Waals surface area contributed by atoms with Crippen LogP contribution < -0.4 is 78.3 Å².